The average Bonchev–Trinajstić information content (AvgIpc) is 3.90. The summed E-state index contributed by atoms with van der Waals surface area (Å²) < 4.78 is 0. The summed E-state index contributed by atoms with van der Waals surface area (Å²) in [5.74, 6) is 0. The number of hydrogen-bond donors (Lipinski definition) is 0. The van der Waals surface area contributed by atoms with Crippen molar-refractivity contribution in [2.24, 2.45) is 0 Å². The quantitative estimate of drug-likeness (QED) is 0.175. The lowest BCUT2D eigenvalue weighted by molar-refractivity contribution is 0.660. The minimum absolute atomic E-state index is 0.188. The highest BCUT2D eigenvalue weighted by Gasteiger charge is 2.54. The van der Waals surface area contributed by atoms with E-state index in [1.54, 1.807) is 6.08 Å². The van der Waals surface area contributed by atoms with Crippen LogP contribution in [0.25, 0.3) is 50.1 Å². The van der Waals surface area contributed by atoms with Crippen molar-refractivity contribution in [3.8, 4) is 44.5 Å². The van der Waals surface area contributed by atoms with E-state index in [0.717, 1.165) is 50.3 Å². The van der Waals surface area contributed by atoms with Gasteiger partial charge >= 0.3 is 0 Å². The molecule has 0 fully saturated rings. The molecule has 0 heterocycles. The van der Waals surface area contributed by atoms with E-state index in [0.29, 0.717) is 50.2 Å². The summed E-state index contributed by atoms with van der Waals surface area (Å²) >= 11 is 0. The molecule has 0 amide bonds. The Morgan fingerprint density at radius 1 is 0.443 bits per heavy atom. The fourth-order valence-corrected chi connectivity index (χ4v) is 11.7. The van der Waals surface area contributed by atoms with E-state index in [4.69, 9.17) is 86.3 Å². The summed E-state index contributed by atoms with van der Waals surface area (Å²) in [6.45, 7) is 12.8. The predicted molar refractivity (Wildman–Crippen MR) is 308 cm³/mol. The van der Waals surface area contributed by atoms with Crippen molar-refractivity contribution in [2.45, 2.75) is 24.7 Å². The standard InChI is InChI=1S/C58H32B11N/c1-5-13-27(6-2)29-20-30(28-14-8-7-9-15-28)22-31(21-29)70(42-19-12-18-34-44(42)32-16-10-11-17-33(32)57(34,3)4)43-26-38-48(56(69)52(43)65)47-37(25-41(61)51(64)55(47)68)58(38)35-23-39(59)49(62)53(66)45(35)46-36(58)24-40(60)50(63)54(46)67/h5-26H,1-2H2,3-4H3/b27-13+. The molecule has 0 bridgehead atoms. The van der Waals surface area contributed by atoms with Crippen molar-refractivity contribution in [3.05, 3.63) is 186 Å². The Labute approximate surface area is 426 Å². The molecule has 0 saturated heterocycles. The van der Waals surface area contributed by atoms with Gasteiger partial charge < -0.3 is 4.90 Å². The molecule has 302 valence electrons. The van der Waals surface area contributed by atoms with Gasteiger partial charge in [-0.1, -0.05) is 157 Å². The monoisotopic (exact) mass is 863 g/mol. The van der Waals surface area contributed by atoms with Crippen molar-refractivity contribution in [2.75, 3.05) is 4.90 Å². The second-order valence-electron chi connectivity index (χ2n) is 18.9. The van der Waals surface area contributed by atoms with E-state index < -0.39 is 5.41 Å². The Balaban J connectivity index is 1.34. The molecule has 1 spiro atoms. The normalized spacial score (nSPS) is 14.1. The van der Waals surface area contributed by atoms with Crippen LogP contribution in [-0.2, 0) is 10.8 Å². The molecule has 8 aromatic carbocycles. The van der Waals surface area contributed by atoms with Gasteiger partial charge in [-0.05, 0) is 114 Å². The van der Waals surface area contributed by atoms with Gasteiger partial charge in [-0.3, -0.25) is 0 Å². The number of rotatable bonds is 7. The first-order chi connectivity index (χ1) is 33.5. The zero-order chi connectivity index (χ0) is 49.5. The molecule has 0 N–H and O–H groups in total. The largest absolute Gasteiger partial charge is 0.310 e. The molecular weight excluding hydrogens is 830 g/mol. The van der Waals surface area contributed by atoms with Crippen LogP contribution in [0.15, 0.2) is 147 Å². The molecule has 0 aliphatic heterocycles. The highest BCUT2D eigenvalue weighted by molar-refractivity contribution is 6.63. The lowest BCUT2D eigenvalue weighted by Crippen LogP contribution is -2.43. The van der Waals surface area contributed by atoms with E-state index >= 15 is 0 Å². The van der Waals surface area contributed by atoms with E-state index in [1.807, 2.05) is 48.6 Å². The number of anilines is 3. The van der Waals surface area contributed by atoms with E-state index in [-0.39, 0.29) is 65.5 Å². The van der Waals surface area contributed by atoms with Gasteiger partial charge in [0.15, 0.2) is 0 Å². The van der Waals surface area contributed by atoms with Crippen molar-refractivity contribution in [3.63, 3.8) is 0 Å². The van der Waals surface area contributed by atoms with Crippen molar-refractivity contribution < 1.29 is 0 Å². The van der Waals surface area contributed by atoms with Crippen LogP contribution in [0.5, 0.6) is 0 Å². The Bertz CT molecular complexity index is 3620. The third-order valence-electron chi connectivity index (χ3n) is 15.0. The molecule has 12 heteroatoms. The van der Waals surface area contributed by atoms with Crippen LogP contribution in [0.2, 0.25) is 0 Å². The topological polar surface area (TPSA) is 3.24 Å². The summed E-state index contributed by atoms with van der Waals surface area (Å²) in [6.07, 6.45) is 5.52. The summed E-state index contributed by atoms with van der Waals surface area (Å²) in [7, 11) is 76.9. The van der Waals surface area contributed by atoms with Crippen LogP contribution in [-0.4, -0.2) is 86.3 Å². The van der Waals surface area contributed by atoms with Crippen LogP contribution in [0.1, 0.15) is 52.8 Å². The molecule has 0 aromatic heterocycles. The summed E-state index contributed by atoms with van der Waals surface area (Å²) in [6, 6.07) is 39.2. The number of fused-ring (bicyclic) bond motifs is 13. The minimum Gasteiger partial charge on any atom is -0.310 e. The second kappa shape index (κ2) is 16.3. The molecule has 3 aliphatic carbocycles. The number of allylic oxidation sites excluding steroid dienone is 4. The van der Waals surface area contributed by atoms with Gasteiger partial charge in [-0.25, -0.2) is 0 Å². The van der Waals surface area contributed by atoms with Gasteiger partial charge in [-0.15, -0.1) is 32.8 Å². The third kappa shape index (κ3) is 6.14. The van der Waals surface area contributed by atoms with E-state index in [9.17, 15) is 0 Å². The second-order valence-corrected chi connectivity index (χ2v) is 18.9. The van der Waals surface area contributed by atoms with Crippen LogP contribution < -0.4 is 65.0 Å². The van der Waals surface area contributed by atoms with Crippen molar-refractivity contribution in [1.82, 2.24) is 0 Å². The molecule has 8 aromatic rings. The Morgan fingerprint density at radius 2 is 0.943 bits per heavy atom. The summed E-state index contributed by atoms with van der Waals surface area (Å²) in [4.78, 5) is 2.20. The number of hydrogen-bond acceptors (Lipinski definition) is 1. The van der Waals surface area contributed by atoms with Crippen molar-refractivity contribution in [1.29, 1.82) is 0 Å². The van der Waals surface area contributed by atoms with Gasteiger partial charge in [0.25, 0.3) is 0 Å². The van der Waals surface area contributed by atoms with E-state index in [1.165, 1.54) is 5.56 Å². The van der Waals surface area contributed by atoms with Gasteiger partial charge in [-0.2, -0.15) is 0 Å². The number of benzene rings is 8. The van der Waals surface area contributed by atoms with Crippen LogP contribution >= 0.6 is 0 Å². The predicted octanol–water partition coefficient (Wildman–Crippen LogP) is 1.96. The molecule has 3 aliphatic rings. The van der Waals surface area contributed by atoms with E-state index in [2.05, 4.69) is 111 Å². The zero-order valence-electron chi connectivity index (χ0n) is 38.9. The summed E-state index contributed by atoms with van der Waals surface area (Å²) in [5.41, 5.74) is 16.0. The SMILES string of the molecule is [B]c1cc2c(c([B])c1[B])-c1c(cc([B])c([B])c1[B])C21c2cc([B])c([B])c([B])c2-c2c1cc(N(c1cc(/C(C=C)=C/C=C)cc(-c3ccccc3)c1)c1cccc3c1-c1ccccc1C3(C)C)c([B])c2[B]. The molecule has 11 rings (SSSR count). The number of nitrogens with zero attached hydrogens (tertiary/aromatic N) is 1. The smallest absolute Gasteiger partial charge is 0.115 e. The maximum atomic E-state index is 7.62. The van der Waals surface area contributed by atoms with Crippen molar-refractivity contribution >= 4 is 169 Å². The van der Waals surface area contributed by atoms with Gasteiger partial charge in [0, 0.05) is 22.4 Å². The molecular formula is C58H32B11N. The average molecular weight is 862 g/mol. The van der Waals surface area contributed by atoms with Gasteiger partial charge in [0.1, 0.15) is 86.3 Å². The Hall–Kier alpha value is -6.51. The fraction of sp³-hybridized carbons (Fsp3) is 0.0690. The Morgan fingerprint density at radius 3 is 1.49 bits per heavy atom. The zero-order valence-corrected chi connectivity index (χ0v) is 38.9. The van der Waals surface area contributed by atoms with Gasteiger partial charge in [0.2, 0.25) is 0 Å². The van der Waals surface area contributed by atoms with Crippen LogP contribution in [0.3, 0.4) is 0 Å². The lowest BCUT2D eigenvalue weighted by atomic mass is 9.62. The molecule has 1 nitrogen and oxygen atoms in total. The third-order valence-corrected chi connectivity index (χ3v) is 15.0. The summed E-state index contributed by atoms with van der Waals surface area (Å²) in [5, 5.41) is 0. The van der Waals surface area contributed by atoms with Crippen LogP contribution in [0.4, 0.5) is 17.1 Å². The molecule has 70 heavy (non-hydrogen) atoms. The molecule has 0 unspecified atom stereocenters. The Kier molecular flexibility index (Phi) is 10.7. The maximum Gasteiger partial charge on any atom is 0.115 e. The van der Waals surface area contributed by atoms with Crippen LogP contribution in [0, 0.1) is 0 Å². The molecule has 22 radical (unpaired) electrons. The highest BCUT2D eigenvalue weighted by Crippen LogP contribution is 2.62. The first-order valence-corrected chi connectivity index (χ1v) is 22.8. The maximum absolute atomic E-state index is 7.62. The molecule has 0 saturated carbocycles. The first kappa shape index (κ1) is 45.9. The van der Waals surface area contributed by atoms with Gasteiger partial charge in [0.05, 0.1) is 11.1 Å². The molecule has 0 atom stereocenters. The first-order valence-electron chi connectivity index (χ1n) is 22.8. The minimum atomic E-state index is -1.34. The lowest BCUT2D eigenvalue weighted by Gasteiger charge is -2.36. The fourth-order valence-electron chi connectivity index (χ4n) is 11.7. The highest BCUT2D eigenvalue weighted by atomic mass is 15.1.